The van der Waals surface area contributed by atoms with E-state index < -0.39 is 64.7 Å². The lowest BCUT2D eigenvalue weighted by atomic mass is 9.49. The van der Waals surface area contributed by atoms with Gasteiger partial charge in [0, 0.05) is 5.92 Å². The van der Waals surface area contributed by atoms with E-state index in [0.717, 1.165) is 17.7 Å². The SMILES string of the molecule is COC(=O)N1C(=O)[C@H]2[C@H](CC=C3[C@H]2C[C@H]2C(=O)N(Nc4ccc(C)cc4)C(=O)[C@@]2(c2ccccc2)[C@H]3c2cc(Br)c(O)c(OC)c2)C1=O. The average molecular weight is 715 g/mol. The molecule has 0 spiro atoms. The summed E-state index contributed by atoms with van der Waals surface area (Å²) in [5, 5.41) is 11.8. The second-order valence-corrected chi connectivity index (χ2v) is 13.5. The summed E-state index contributed by atoms with van der Waals surface area (Å²) >= 11 is 3.44. The van der Waals surface area contributed by atoms with Crippen LogP contribution in [0.5, 0.6) is 11.5 Å². The first-order chi connectivity index (χ1) is 23.0. The van der Waals surface area contributed by atoms with Crippen LogP contribution in [0.2, 0.25) is 0 Å². The molecule has 1 saturated carbocycles. The van der Waals surface area contributed by atoms with Crippen LogP contribution in [0.4, 0.5) is 10.5 Å². The van der Waals surface area contributed by atoms with Crippen LogP contribution < -0.4 is 10.2 Å². The fourth-order valence-electron chi connectivity index (χ4n) is 8.31. The molecule has 246 valence electrons. The van der Waals surface area contributed by atoms with Gasteiger partial charge in [-0.1, -0.05) is 59.7 Å². The molecule has 3 aromatic carbocycles. The van der Waals surface area contributed by atoms with Crippen molar-refractivity contribution in [3.63, 3.8) is 0 Å². The summed E-state index contributed by atoms with van der Waals surface area (Å²) in [6.45, 7) is 1.93. The minimum absolute atomic E-state index is 0.0689. The van der Waals surface area contributed by atoms with Gasteiger partial charge in [0.2, 0.25) is 11.8 Å². The third-order valence-electron chi connectivity index (χ3n) is 10.4. The van der Waals surface area contributed by atoms with Crippen molar-refractivity contribution in [3.05, 3.63) is 99.5 Å². The van der Waals surface area contributed by atoms with Crippen molar-refractivity contribution in [1.82, 2.24) is 9.91 Å². The molecular weight excluding hydrogens is 682 g/mol. The fraction of sp³-hybridized carbons (Fsp3) is 0.306. The van der Waals surface area contributed by atoms with Gasteiger partial charge in [-0.2, -0.15) is 9.91 Å². The number of carbonyl (C=O) groups excluding carboxylic acids is 5. The van der Waals surface area contributed by atoms with Crippen LogP contribution in [0.1, 0.15) is 35.4 Å². The Morgan fingerprint density at radius 3 is 2.33 bits per heavy atom. The topological polar surface area (TPSA) is 143 Å². The number of nitrogens with zero attached hydrogens (tertiary/aromatic N) is 2. The Balaban J connectivity index is 1.47. The summed E-state index contributed by atoms with van der Waals surface area (Å²) in [7, 11) is 2.52. The number of methoxy groups -OCH3 is 2. The van der Waals surface area contributed by atoms with Gasteiger partial charge in [0.15, 0.2) is 11.5 Å². The third kappa shape index (κ3) is 4.42. The number of hydrogen-bond acceptors (Lipinski definition) is 9. The lowest BCUT2D eigenvalue weighted by Gasteiger charge is -2.50. The molecule has 0 aromatic heterocycles. The predicted molar refractivity (Wildman–Crippen MR) is 175 cm³/mol. The fourth-order valence-corrected chi connectivity index (χ4v) is 8.77. The number of hydrazine groups is 1. The number of ether oxygens (including phenoxy) is 2. The molecular formula is C36H32BrN3O8. The number of hydrogen-bond donors (Lipinski definition) is 2. The minimum Gasteiger partial charge on any atom is -0.503 e. The molecule has 7 rings (SSSR count). The number of rotatable bonds is 5. The molecule has 3 fully saturated rings. The summed E-state index contributed by atoms with van der Waals surface area (Å²) in [6.07, 6.45) is 1.04. The largest absolute Gasteiger partial charge is 0.503 e. The van der Waals surface area contributed by atoms with Crippen molar-refractivity contribution in [2.24, 2.45) is 23.7 Å². The normalized spacial score (nSPS) is 27.7. The first-order valence-corrected chi connectivity index (χ1v) is 16.3. The van der Waals surface area contributed by atoms with Gasteiger partial charge in [-0.15, -0.1) is 0 Å². The molecule has 0 unspecified atom stereocenters. The van der Waals surface area contributed by atoms with E-state index in [-0.39, 0.29) is 24.3 Å². The molecule has 48 heavy (non-hydrogen) atoms. The maximum atomic E-state index is 15.2. The van der Waals surface area contributed by atoms with Gasteiger partial charge in [0.05, 0.1) is 47.5 Å². The van der Waals surface area contributed by atoms with Crippen LogP contribution in [0, 0.1) is 30.6 Å². The Hall–Kier alpha value is -4.97. The van der Waals surface area contributed by atoms with Gasteiger partial charge in [-0.25, -0.2) is 4.79 Å². The van der Waals surface area contributed by atoms with E-state index >= 15 is 4.79 Å². The maximum absolute atomic E-state index is 15.2. The van der Waals surface area contributed by atoms with Crippen molar-refractivity contribution in [1.29, 1.82) is 0 Å². The van der Waals surface area contributed by atoms with Gasteiger partial charge in [0.25, 0.3) is 11.8 Å². The van der Waals surface area contributed by atoms with E-state index in [4.69, 9.17) is 9.47 Å². The molecule has 3 aromatic rings. The van der Waals surface area contributed by atoms with Crippen molar-refractivity contribution in [2.75, 3.05) is 19.6 Å². The highest BCUT2D eigenvalue weighted by atomic mass is 79.9. The number of phenolic OH excluding ortho intramolecular Hbond substituents is 1. The number of phenols is 1. The van der Waals surface area contributed by atoms with Crippen LogP contribution in [-0.2, 0) is 29.3 Å². The number of aromatic hydroxyl groups is 1. The molecule has 2 aliphatic heterocycles. The smallest absolute Gasteiger partial charge is 0.423 e. The van der Waals surface area contributed by atoms with Crippen LogP contribution in [0.3, 0.4) is 0 Å². The molecule has 2 aliphatic carbocycles. The monoisotopic (exact) mass is 713 g/mol. The number of anilines is 1. The van der Waals surface area contributed by atoms with Crippen LogP contribution in [-0.4, -0.2) is 59.0 Å². The van der Waals surface area contributed by atoms with Gasteiger partial charge >= 0.3 is 6.09 Å². The standard InChI is InChI=1S/C36H32BrN3O8/c1-18-9-11-21(12-10-18)38-40-32(43)25-17-24-22(13-14-23-28(24)33(44)39(31(23)42)35(46)48-3)29(19-15-26(37)30(41)27(16-19)47-2)36(25,34(40)45)20-7-5-4-6-8-20/h4-13,15-16,23-25,28-29,38,41H,14,17H2,1-3H3/t23-,24+,25-,28-,29-,36+/m0/s1. The van der Waals surface area contributed by atoms with Gasteiger partial charge in [-0.3, -0.25) is 24.6 Å². The summed E-state index contributed by atoms with van der Waals surface area (Å²) in [4.78, 5) is 70.3. The number of fused-ring (bicyclic) bond motifs is 4. The second-order valence-electron chi connectivity index (χ2n) is 12.6. The zero-order valence-corrected chi connectivity index (χ0v) is 27.9. The lowest BCUT2D eigenvalue weighted by Crippen LogP contribution is -2.53. The molecule has 11 nitrogen and oxygen atoms in total. The molecule has 2 heterocycles. The number of imide groups is 4. The van der Waals surface area contributed by atoms with Crippen molar-refractivity contribution in [2.45, 2.75) is 31.1 Å². The van der Waals surface area contributed by atoms with E-state index in [1.54, 1.807) is 24.3 Å². The molecule has 0 radical (unpaired) electrons. The number of likely N-dealkylation sites (tertiary alicyclic amines) is 1. The first kappa shape index (κ1) is 31.6. The number of allylic oxidation sites excluding steroid dienone is 2. The molecule has 6 atom stereocenters. The quantitative estimate of drug-likeness (QED) is 0.269. The number of aryl methyl sites for hydroxylation is 1. The molecule has 5 amide bonds. The van der Waals surface area contributed by atoms with Crippen LogP contribution in [0.15, 0.2) is 82.9 Å². The Morgan fingerprint density at radius 1 is 0.958 bits per heavy atom. The average Bonchev–Trinajstić information content (AvgIpc) is 3.47. The van der Waals surface area contributed by atoms with Crippen LogP contribution >= 0.6 is 15.9 Å². The summed E-state index contributed by atoms with van der Waals surface area (Å²) in [5.74, 6) is -6.56. The van der Waals surface area contributed by atoms with E-state index in [1.807, 2.05) is 55.5 Å². The number of amides is 5. The van der Waals surface area contributed by atoms with E-state index in [1.165, 1.54) is 7.11 Å². The minimum atomic E-state index is -1.50. The van der Waals surface area contributed by atoms with Crippen molar-refractivity contribution >= 4 is 51.3 Å². The predicted octanol–water partition coefficient (Wildman–Crippen LogP) is 5.22. The molecule has 2 N–H and O–H groups in total. The van der Waals surface area contributed by atoms with Gasteiger partial charge in [-0.05, 0) is 77.0 Å². The number of halogens is 1. The molecule has 0 bridgehead atoms. The van der Waals surface area contributed by atoms with Gasteiger partial charge < -0.3 is 14.6 Å². The zero-order chi connectivity index (χ0) is 34.1. The highest BCUT2D eigenvalue weighted by Gasteiger charge is 2.70. The molecule has 12 heteroatoms. The third-order valence-corrected chi connectivity index (χ3v) is 11.0. The zero-order valence-electron chi connectivity index (χ0n) is 26.3. The Morgan fingerprint density at radius 2 is 1.67 bits per heavy atom. The van der Waals surface area contributed by atoms with Gasteiger partial charge in [0.1, 0.15) is 0 Å². The Kier molecular flexibility index (Phi) is 7.66. The highest BCUT2D eigenvalue weighted by Crippen LogP contribution is 2.64. The summed E-state index contributed by atoms with van der Waals surface area (Å²) in [6, 6.07) is 19.7. The number of carbonyl (C=O) groups is 5. The maximum Gasteiger partial charge on any atom is 0.423 e. The van der Waals surface area contributed by atoms with E-state index in [2.05, 4.69) is 21.4 Å². The first-order valence-electron chi connectivity index (χ1n) is 15.5. The van der Waals surface area contributed by atoms with E-state index in [0.29, 0.717) is 31.8 Å². The second kappa shape index (κ2) is 11.6. The van der Waals surface area contributed by atoms with Crippen LogP contribution in [0.25, 0.3) is 0 Å². The molecule has 2 saturated heterocycles. The summed E-state index contributed by atoms with van der Waals surface area (Å²) in [5.41, 5.74) is 4.95. The highest BCUT2D eigenvalue weighted by molar-refractivity contribution is 9.10. The number of benzene rings is 3. The Bertz CT molecular complexity index is 1910. The summed E-state index contributed by atoms with van der Waals surface area (Å²) < 4.78 is 10.6. The van der Waals surface area contributed by atoms with Crippen molar-refractivity contribution < 1.29 is 38.6 Å². The molecule has 4 aliphatic rings. The van der Waals surface area contributed by atoms with E-state index in [9.17, 15) is 24.3 Å². The number of nitrogens with one attached hydrogen (secondary N) is 1. The lowest BCUT2D eigenvalue weighted by molar-refractivity contribution is -0.140. The van der Waals surface area contributed by atoms with Crippen molar-refractivity contribution in [3.8, 4) is 11.5 Å². The Labute approximate surface area is 284 Å².